The number of hydrogen-bond acceptors (Lipinski definition) is 5. The number of ether oxygens (including phenoxy) is 1. The van der Waals surface area contributed by atoms with Crippen molar-refractivity contribution in [3.8, 4) is 0 Å². The number of nitrogens with zero attached hydrogens (tertiary/aromatic N) is 2. The van der Waals surface area contributed by atoms with Crippen LogP contribution in [-0.2, 0) is 21.4 Å². The number of rotatable bonds is 5. The Morgan fingerprint density at radius 1 is 1.29 bits per heavy atom. The maximum atomic E-state index is 11.0. The first-order valence-corrected chi connectivity index (χ1v) is 8.81. The van der Waals surface area contributed by atoms with Gasteiger partial charge >= 0.3 is 0 Å². The lowest BCUT2D eigenvalue weighted by Gasteiger charge is -2.34. The van der Waals surface area contributed by atoms with Crippen LogP contribution in [-0.4, -0.2) is 35.8 Å². The Kier molecular flexibility index (Phi) is 5.30. The van der Waals surface area contributed by atoms with E-state index in [4.69, 9.17) is 9.26 Å². The van der Waals surface area contributed by atoms with E-state index in [9.17, 15) is 4.79 Å². The summed E-state index contributed by atoms with van der Waals surface area (Å²) in [6, 6.07) is 8.24. The second kappa shape index (κ2) is 7.44. The summed E-state index contributed by atoms with van der Waals surface area (Å²) in [5, 5.41) is 6.83. The Balaban J connectivity index is 1.85. The van der Waals surface area contributed by atoms with Crippen molar-refractivity contribution in [1.82, 2.24) is 15.5 Å². The molecule has 0 bridgehead atoms. The molecule has 0 aliphatic carbocycles. The van der Waals surface area contributed by atoms with Crippen LogP contribution in [0.15, 0.2) is 33.3 Å². The van der Waals surface area contributed by atoms with Gasteiger partial charge in [0.2, 0.25) is 11.8 Å². The molecule has 24 heavy (non-hydrogen) atoms. The summed E-state index contributed by atoms with van der Waals surface area (Å²) in [4.78, 5) is 15.6. The van der Waals surface area contributed by atoms with Gasteiger partial charge in [-0.1, -0.05) is 33.2 Å². The van der Waals surface area contributed by atoms with Crippen LogP contribution in [0.3, 0.4) is 0 Å². The number of nitrogens with one attached hydrogen (secondary N) is 1. The third-order valence-corrected chi connectivity index (χ3v) is 4.87. The molecule has 2 aromatic rings. The highest BCUT2D eigenvalue weighted by Crippen LogP contribution is 2.40. The Hall–Kier alpha value is -1.73. The van der Waals surface area contributed by atoms with Gasteiger partial charge in [0.1, 0.15) is 0 Å². The van der Waals surface area contributed by atoms with Crippen molar-refractivity contribution in [2.24, 2.45) is 0 Å². The minimum Gasteiger partial charge on any atom is -0.381 e. The molecule has 6 nitrogen and oxygen atoms in total. The molecule has 1 N–H and O–H groups in total. The molecule has 0 radical (unpaired) electrons. The molecule has 128 valence electrons. The summed E-state index contributed by atoms with van der Waals surface area (Å²) < 4.78 is 12.2. The Morgan fingerprint density at radius 2 is 2.00 bits per heavy atom. The van der Waals surface area contributed by atoms with E-state index in [1.54, 1.807) is 0 Å². The second-order valence-corrected chi connectivity index (χ2v) is 6.87. The van der Waals surface area contributed by atoms with Gasteiger partial charge in [0.05, 0.1) is 5.41 Å². The Labute approximate surface area is 149 Å². The van der Waals surface area contributed by atoms with Gasteiger partial charge in [-0.15, -0.1) is 0 Å². The zero-order chi connectivity index (χ0) is 17.0. The summed E-state index contributed by atoms with van der Waals surface area (Å²) >= 11 is 3.48. The van der Waals surface area contributed by atoms with E-state index in [0.29, 0.717) is 37.9 Å². The number of carbonyl (C=O) groups is 1. The molecular formula is C17H20BrN3O3. The molecule has 1 saturated heterocycles. The lowest BCUT2D eigenvalue weighted by atomic mass is 9.74. The van der Waals surface area contributed by atoms with Crippen molar-refractivity contribution in [3.05, 3.63) is 46.0 Å². The fourth-order valence-corrected chi connectivity index (χ4v) is 3.28. The van der Waals surface area contributed by atoms with Crippen molar-refractivity contribution in [1.29, 1.82) is 0 Å². The van der Waals surface area contributed by atoms with Crippen molar-refractivity contribution < 1.29 is 14.1 Å². The maximum absolute atomic E-state index is 11.0. The first kappa shape index (κ1) is 17.1. The number of carbonyl (C=O) groups excluding carboxylic acids is 1. The van der Waals surface area contributed by atoms with Crippen LogP contribution in [0.1, 0.15) is 37.0 Å². The second-order valence-electron chi connectivity index (χ2n) is 5.95. The lowest BCUT2D eigenvalue weighted by molar-refractivity contribution is -0.118. The molecule has 1 amide bonds. The summed E-state index contributed by atoms with van der Waals surface area (Å²) in [5.74, 6) is 1.18. The minimum atomic E-state index is -0.307. The van der Waals surface area contributed by atoms with Crippen molar-refractivity contribution in [3.63, 3.8) is 0 Å². The summed E-state index contributed by atoms with van der Waals surface area (Å²) in [7, 11) is 0. The fraction of sp³-hybridized carbons (Fsp3) is 0.471. The average Bonchev–Trinajstić information content (AvgIpc) is 3.05. The van der Waals surface area contributed by atoms with Gasteiger partial charge in [-0.3, -0.25) is 4.79 Å². The Morgan fingerprint density at radius 3 is 2.67 bits per heavy atom. The zero-order valence-electron chi connectivity index (χ0n) is 13.5. The van der Waals surface area contributed by atoms with Gasteiger partial charge in [-0.25, -0.2) is 0 Å². The molecule has 1 aliphatic heterocycles. The van der Waals surface area contributed by atoms with E-state index in [1.807, 2.05) is 12.1 Å². The monoisotopic (exact) mass is 393 g/mol. The molecular weight excluding hydrogens is 374 g/mol. The van der Waals surface area contributed by atoms with E-state index in [-0.39, 0.29) is 11.3 Å². The van der Waals surface area contributed by atoms with Crippen molar-refractivity contribution >= 4 is 21.8 Å². The van der Waals surface area contributed by atoms with E-state index in [2.05, 4.69) is 43.5 Å². The average molecular weight is 394 g/mol. The third-order valence-electron chi connectivity index (χ3n) is 4.34. The van der Waals surface area contributed by atoms with Crippen LogP contribution in [0.5, 0.6) is 0 Å². The standard InChI is InChI=1S/C17H20BrN3O3/c1-12(22)19-9-6-15-20-16(24-21-15)17(7-10-23-11-8-17)13-2-4-14(18)5-3-13/h2-5H,6-11H2,1H3,(H,19,22). The SMILES string of the molecule is CC(=O)NCCc1noc(C2(c3ccc(Br)cc3)CCOCC2)n1. The molecule has 1 aromatic carbocycles. The smallest absolute Gasteiger partial charge is 0.237 e. The van der Waals surface area contributed by atoms with Gasteiger partial charge < -0.3 is 14.6 Å². The molecule has 1 aromatic heterocycles. The predicted octanol–water partition coefficient (Wildman–Crippen LogP) is 2.61. The molecule has 1 aliphatic rings. The van der Waals surface area contributed by atoms with Gasteiger partial charge in [0, 0.05) is 37.6 Å². The van der Waals surface area contributed by atoms with Gasteiger partial charge in [0.25, 0.3) is 0 Å². The summed E-state index contributed by atoms with van der Waals surface area (Å²) in [6.07, 6.45) is 2.17. The summed E-state index contributed by atoms with van der Waals surface area (Å²) in [5.41, 5.74) is 0.851. The molecule has 0 unspecified atom stereocenters. The number of amides is 1. The van der Waals surface area contributed by atoms with Crippen LogP contribution >= 0.6 is 15.9 Å². The van der Waals surface area contributed by atoms with Crippen molar-refractivity contribution in [2.45, 2.75) is 31.6 Å². The molecule has 0 saturated carbocycles. The maximum Gasteiger partial charge on any atom is 0.237 e. The largest absolute Gasteiger partial charge is 0.381 e. The normalized spacial score (nSPS) is 16.8. The van der Waals surface area contributed by atoms with Gasteiger partial charge in [-0.2, -0.15) is 4.98 Å². The van der Waals surface area contributed by atoms with Crippen molar-refractivity contribution in [2.75, 3.05) is 19.8 Å². The lowest BCUT2D eigenvalue weighted by Crippen LogP contribution is -2.35. The first-order valence-electron chi connectivity index (χ1n) is 8.01. The summed E-state index contributed by atoms with van der Waals surface area (Å²) in [6.45, 7) is 3.33. The van der Waals surface area contributed by atoms with E-state index in [1.165, 1.54) is 6.92 Å². The van der Waals surface area contributed by atoms with Crippen LogP contribution in [0, 0.1) is 0 Å². The Bertz CT molecular complexity index is 693. The molecule has 0 spiro atoms. The van der Waals surface area contributed by atoms with Crippen LogP contribution in [0.25, 0.3) is 0 Å². The highest BCUT2D eigenvalue weighted by atomic mass is 79.9. The van der Waals surface area contributed by atoms with E-state index in [0.717, 1.165) is 22.9 Å². The number of aromatic nitrogens is 2. The highest BCUT2D eigenvalue weighted by molar-refractivity contribution is 9.10. The number of benzene rings is 1. The fourth-order valence-electron chi connectivity index (χ4n) is 3.02. The highest BCUT2D eigenvalue weighted by Gasteiger charge is 2.41. The van der Waals surface area contributed by atoms with Crippen LogP contribution < -0.4 is 5.32 Å². The van der Waals surface area contributed by atoms with Gasteiger partial charge in [0.15, 0.2) is 5.82 Å². The zero-order valence-corrected chi connectivity index (χ0v) is 15.1. The first-order chi connectivity index (χ1) is 11.6. The molecule has 0 atom stereocenters. The predicted molar refractivity (Wildman–Crippen MR) is 91.7 cm³/mol. The number of halogens is 1. The number of hydrogen-bond donors (Lipinski definition) is 1. The quantitative estimate of drug-likeness (QED) is 0.844. The minimum absolute atomic E-state index is 0.0607. The van der Waals surface area contributed by atoms with Crippen LogP contribution in [0.4, 0.5) is 0 Å². The van der Waals surface area contributed by atoms with E-state index < -0.39 is 0 Å². The molecule has 7 heteroatoms. The third kappa shape index (κ3) is 3.67. The molecule has 2 heterocycles. The molecule has 3 rings (SSSR count). The molecule has 1 fully saturated rings. The van der Waals surface area contributed by atoms with E-state index >= 15 is 0 Å². The topological polar surface area (TPSA) is 77.2 Å². The van der Waals surface area contributed by atoms with Crippen LogP contribution in [0.2, 0.25) is 0 Å². The van der Waals surface area contributed by atoms with Gasteiger partial charge in [-0.05, 0) is 30.5 Å².